The minimum absolute atomic E-state index is 0.274. The number of carbonyl (C=O) groups is 1. The number of aromatic nitrogens is 1. The Kier molecular flexibility index (Phi) is 3.24. The average molecular weight is 230 g/mol. The van der Waals surface area contributed by atoms with Crippen molar-refractivity contribution in [3.63, 3.8) is 0 Å². The van der Waals surface area contributed by atoms with Gasteiger partial charge in [0, 0.05) is 12.7 Å². The lowest BCUT2D eigenvalue weighted by Crippen LogP contribution is -2.48. The molecule has 1 aromatic rings. The molecule has 1 unspecified atom stereocenters. The summed E-state index contributed by atoms with van der Waals surface area (Å²) in [7, 11) is 0. The SMILES string of the molecule is N#Cc1ccc(N2CCCCC2C(N)=O)nc1. The first-order valence-corrected chi connectivity index (χ1v) is 5.64. The second kappa shape index (κ2) is 4.83. The first-order chi connectivity index (χ1) is 8.22. The lowest BCUT2D eigenvalue weighted by molar-refractivity contribution is -0.119. The summed E-state index contributed by atoms with van der Waals surface area (Å²) in [4.78, 5) is 17.5. The van der Waals surface area contributed by atoms with Crippen LogP contribution in [0.4, 0.5) is 5.82 Å². The fraction of sp³-hybridized carbons (Fsp3) is 0.417. The van der Waals surface area contributed by atoms with E-state index in [-0.39, 0.29) is 11.9 Å². The third kappa shape index (κ3) is 2.36. The van der Waals surface area contributed by atoms with Crippen LogP contribution in [0.1, 0.15) is 24.8 Å². The number of carbonyl (C=O) groups excluding carboxylic acids is 1. The maximum absolute atomic E-state index is 11.4. The molecule has 0 aromatic carbocycles. The Morgan fingerprint density at radius 3 is 2.94 bits per heavy atom. The minimum Gasteiger partial charge on any atom is -0.368 e. The molecule has 5 nitrogen and oxygen atoms in total. The molecule has 0 bridgehead atoms. The minimum atomic E-state index is -0.309. The molecule has 17 heavy (non-hydrogen) atoms. The number of nitrogens with two attached hydrogens (primary N) is 1. The fourth-order valence-corrected chi connectivity index (χ4v) is 2.12. The molecule has 1 saturated heterocycles. The molecule has 88 valence electrons. The summed E-state index contributed by atoms with van der Waals surface area (Å²) in [5, 5.41) is 8.70. The molecule has 1 aliphatic heterocycles. The molecule has 2 N–H and O–H groups in total. The van der Waals surface area contributed by atoms with Crippen LogP contribution < -0.4 is 10.6 Å². The van der Waals surface area contributed by atoms with E-state index >= 15 is 0 Å². The predicted octanol–water partition coefficient (Wildman–Crippen LogP) is 0.797. The second-order valence-corrected chi connectivity index (χ2v) is 4.12. The summed E-state index contributed by atoms with van der Waals surface area (Å²) in [5.74, 6) is 0.406. The van der Waals surface area contributed by atoms with Crippen molar-refractivity contribution in [1.82, 2.24) is 4.98 Å². The van der Waals surface area contributed by atoms with Crippen LogP contribution in [0.3, 0.4) is 0 Å². The fourth-order valence-electron chi connectivity index (χ4n) is 2.12. The highest BCUT2D eigenvalue weighted by Crippen LogP contribution is 2.22. The van der Waals surface area contributed by atoms with Crippen LogP contribution in [-0.4, -0.2) is 23.5 Å². The largest absolute Gasteiger partial charge is 0.368 e. The van der Waals surface area contributed by atoms with Crippen molar-refractivity contribution in [2.24, 2.45) is 5.73 Å². The Hall–Kier alpha value is -2.09. The van der Waals surface area contributed by atoms with Crippen LogP contribution in [0.25, 0.3) is 0 Å². The van der Waals surface area contributed by atoms with Gasteiger partial charge in [0.15, 0.2) is 0 Å². The summed E-state index contributed by atoms with van der Waals surface area (Å²) in [6, 6.07) is 5.21. The van der Waals surface area contributed by atoms with Crippen LogP contribution in [-0.2, 0) is 4.79 Å². The zero-order valence-electron chi connectivity index (χ0n) is 9.47. The highest BCUT2D eigenvalue weighted by molar-refractivity contribution is 5.83. The maximum Gasteiger partial charge on any atom is 0.240 e. The number of amides is 1. The molecule has 2 rings (SSSR count). The van der Waals surface area contributed by atoms with E-state index in [2.05, 4.69) is 4.98 Å². The summed E-state index contributed by atoms with van der Waals surface area (Å²) in [5.41, 5.74) is 5.91. The summed E-state index contributed by atoms with van der Waals surface area (Å²) in [6.07, 6.45) is 4.34. The Morgan fingerprint density at radius 1 is 1.53 bits per heavy atom. The molecule has 2 heterocycles. The van der Waals surface area contributed by atoms with E-state index in [0.717, 1.165) is 25.8 Å². The van der Waals surface area contributed by atoms with Crippen LogP contribution >= 0.6 is 0 Å². The molecular formula is C12H14N4O. The van der Waals surface area contributed by atoms with E-state index in [1.807, 2.05) is 11.0 Å². The van der Waals surface area contributed by atoms with Gasteiger partial charge in [0.05, 0.1) is 5.56 Å². The number of nitrogens with zero attached hydrogens (tertiary/aromatic N) is 3. The zero-order chi connectivity index (χ0) is 12.3. The topological polar surface area (TPSA) is 83.0 Å². The molecule has 1 atom stereocenters. The van der Waals surface area contributed by atoms with Crippen LogP contribution in [0.5, 0.6) is 0 Å². The van der Waals surface area contributed by atoms with Gasteiger partial charge < -0.3 is 10.6 Å². The summed E-state index contributed by atoms with van der Waals surface area (Å²) in [6.45, 7) is 0.784. The van der Waals surface area contributed by atoms with Gasteiger partial charge in [-0.3, -0.25) is 4.79 Å². The van der Waals surface area contributed by atoms with Gasteiger partial charge in [-0.25, -0.2) is 4.98 Å². The van der Waals surface area contributed by atoms with Crippen LogP contribution in [0.2, 0.25) is 0 Å². The van der Waals surface area contributed by atoms with Crippen molar-refractivity contribution >= 4 is 11.7 Å². The van der Waals surface area contributed by atoms with E-state index in [9.17, 15) is 4.79 Å². The van der Waals surface area contributed by atoms with Crippen molar-refractivity contribution in [2.75, 3.05) is 11.4 Å². The smallest absolute Gasteiger partial charge is 0.240 e. The molecular weight excluding hydrogens is 216 g/mol. The van der Waals surface area contributed by atoms with E-state index in [0.29, 0.717) is 11.4 Å². The molecule has 0 spiro atoms. The van der Waals surface area contributed by atoms with Crippen LogP contribution in [0.15, 0.2) is 18.3 Å². The molecule has 0 radical (unpaired) electrons. The lowest BCUT2D eigenvalue weighted by atomic mass is 10.0. The van der Waals surface area contributed by atoms with Crippen molar-refractivity contribution in [3.8, 4) is 6.07 Å². The Balaban J connectivity index is 2.24. The molecule has 1 aliphatic rings. The average Bonchev–Trinajstić information content (AvgIpc) is 2.39. The van der Waals surface area contributed by atoms with E-state index in [1.165, 1.54) is 6.20 Å². The number of nitriles is 1. The van der Waals surface area contributed by atoms with E-state index in [1.54, 1.807) is 12.1 Å². The van der Waals surface area contributed by atoms with Gasteiger partial charge in [0.2, 0.25) is 5.91 Å². The Bertz CT molecular complexity index is 449. The van der Waals surface area contributed by atoms with Gasteiger partial charge >= 0.3 is 0 Å². The Labute approximate surface area is 99.9 Å². The van der Waals surface area contributed by atoms with Gasteiger partial charge in [0.1, 0.15) is 17.9 Å². The van der Waals surface area contributed by atoms with Gasteiger partial charge in [0.25, 0.3) is 0 Å². The van der Waals surface area contributed by atoms with E-state index < -0.39 is 0 Å². The summed E-state index contributed by atoms with van der Waals surface area (Å²) < 4.78 is 0. The first-order valence-electron chi connectivity index (χ1n) is 5.64. The molecule has 0 saturated carbocycles. The standard InChI is InChI=1S/C12H14N4O/c13-7-9-4-5-11(15-8-9)16-6-2-1-3-10(16)12(14)17/h4-5,8,10H,1-3,6H2,(H2,14,17). The number of piperidine rings is 1. The molecule has 5 heteroatoms. The quantitative estimate of drug-likeness (QED) is 0.814. The van der Waals surface area contributed by atoms with Gasteiger partial charge in [-0.15, -0.1) is 0 Å². The van der Waals surface area contributed by atoms with Crippen molar-refractivity contribution < 1.29 is 4.79 Å². The highest BCUT2D eigenvalue weighted by atomic mass is 16.1. The monoisotopic (exact) mass is 230 g/mol. The molecule has 1 aromatic heterocycles. The van der Waals surface area contributed by atoms with Crippen molar-refractivity contribution in [3.05, 3.63) is 23.9 Å². The predicted molar refractivity (Wildman–Crippen MR) is 63.1 cm³/mol. The van der Waals surface area contributed by atoms with Crippen molar-refractivity contribution in [2.45, 2.75) is 25.3 Å². The molecule has 1 amide bonds. The molecule has 1 fully saturated rings. The number of rotatable bonds is 2. The lowest BCUT2D eigenvalue weighted by Gasteiger charge is -2.34. The van der Waals surface area contributed by atoms with Crippen LogP contribution in [0, 0.1) is 11.3 Å². The second-order valence-electron chi connectivity index (χ2n) is 4.12. The number of hydrogen-bond donors (Lipinski definition) is 1. The number of hydrogen-bond acceptors (Lipinski definition) is 4. The normalized spacial score (nSPS) is 19.7. The third-order valence-corrected chi connectivity index (χ3v) is 3.00. The van der Waals surface area contributed by atoms with Gasteiger partial charge in [-0.2, -0.15) is 5.26 Å². The Morgan fingerprint density at radius 2 is 2.35 bits per heavy atom. The van der Waals surface area contributed by atoms with Gasteiger partial charge in [-0.1, -0.05) is 0 Å². The number of anilines is 1. The maximum atomic E-state index is 11.4. The van der Waals surface area contributed by atoms with E-state index in [4.69, 9.17) is 11.0 Å². The molecule has 0 aliphatic carbocycles. The number of primary amides is 1. The van der Waals surface area contributed by atoms with Gasteiger partial charge in [-0.05, 0) is 31.4 Å². The van der Waals surface area contributed by atoms with Crippen molar-refractivity contribution in [1.29, 1.82) is 5.26 Å². The summed E-state index contributed by atoms with van der Waals surface area (Å²) >= 11 is 0. The zero-order valence-corrected chi connectivity index (χ0v) is 9.47. The third-order valence-electron chi connectivity index (χ3n) is 3.00. The highest BCUT2D eigenvalue weighted by Gasteiger charge is 2.27. The number of pyridine rings is 1. The first kappa shape index (κ1) is 11.4.